The average Bonchev–Trinajstić information content (AvgIpc) is 1.65. The van der Waals surface area contributed by atoms with Crippen LogP contribution in [0.15, 0.2) is 96.1 Å². The van der Waals surface area contributed by atoms with Crippen LogP contribution in [0.1, 0.15) is 33.1 Å². The highest BCUT2D eigenvalue weighted by molar-refractivity contribution is 9.11. The lowest BCUT2D eigenvalue weighted by Gasteiger charge is -2.42. The van der Waals surface area contributed by atoms with E-state index in [4.69, 9.17) is 33.0 Å². The van der Waals surface area contributed by atoms with Gasteiger partial charge in [-0.05, 0) is 210 Å². The van der Waals surface area contributed by atoms with Crippen molar-refractivity contribution in [1.29, 1.82) is 0 Å². The first-order valence-corrected chi connectivity index (χ1v) is 43.6. The second-order valence-electron chi connectivity index (χ2n) is 21.0. The summed E-state index contributed by atoms with van der Waals surface area (Å²) in [6.45, 7) is 4.88. The minimum atomic E-state index is -3.85. The van der Waals surface area contributed by atoms with Crippen molar-refractivity contribution >= 4 is 135 Å². The van der Waals surface area contributed by atoms with Gasteiger partial charge in [0.2, 0.25) is 20.0 Å². The Bertz CT molecular complexity index is 7360. The number of nitrogens with zero attached hydrogens (tertiary/aromatic N) is 2. The van der Waals surface area contributed by atoms with Crippen LogP contribution in [0.5, 0.6) is 0 Å². The van der Waals surface area contributed by atoms with Gasteiger partial charge in [0.05, 0.1) is 27.9 Å². The number of benzene rings is 3. The molecule has 12 nitrogen and oxygen atoms in total. The minimum absolute atomic E-state index is 0. The van der Waals surface area contributed by atoms with Crippen molar-refractivity contribution in [2.24, 2.45) is 0 Å². The van der Waals surface area contributed by atoms with Gasteiger partial charge in [-0.3, -0.25) is 5.32 Å². The molecule has 0 atom stereocenters. The molecule has 4 aliphatic rings. The van der Waals surface area contributed by atoms with E-state index in [1.165, 1.54) is 14.7 Å². The topological polar surface area (TPSA) is 151 Å². The lowest BCUT2D eigenvalue weighted by atomic mass is 10.0. The molecule has 0 saturated carbocycles. The first-order chi connectivity index (χ1) is 60.2. The van der Waals surface area contributed by atoms with Gasteiger partial charge in [-0.25, -0.2) is 25.3 Å². The molecule has 22 heteroatoms. The van der Waals surface area contributed by atoms with Gasteiger partial charge in [0.15, 0.2) is 0 Å². The van der Waals surface area contributed by atoms with Crippen LogP contribution >= 0.6 is 106 Å². The second-order valence-corrected chi connectivity index (χ2v) is 32.6. The predicted octanol–water partition coefficient (Wildman–Crippen LogP) is 8.76. The minimum Gasteiger partial charge on any atom is -0.359 e. The molecule has 0 aromatic heterocycles. The number of ether oxygens (including phenoxy) is 2. The monoisotopic (exact) mass is 2070 g/mol. The molecule has 3 aromatic rings. The van der Waals surface area contributed by atoms with Gasteiger partial charge in [0.25, 0.3) is 9.05 Å². The zero-order chi connectivity index (χ0) is 89.6. The lowest BCUT2D eigenvalue weighted by molar-refractivity contribution is -0.0806. The van der Waals surface area contributed by atoms with Gasteiger partial charge < -0.3 is 14.8 Å². The first kappa shape index (κ1) is 104. The van der Waals surface area contributed by atoms with Crippen LogP contribution in [0.4, 0.5) is 0 Å². The zero-order valence-electron chi connectivity index (χ0n) is 63.4. The summed E-state index contributed by atoms with van der Waals surface area (Å²) in [6, 6.07) is 14.5. The number of rotatable bonds is 5. The van der Waals surface area contributed by atoms with Crippen molar-refractivity contribution in [3.05, 3.63) is 81.4 Å². The zero-order valence-corrected chi connectivity index (χ0v) is 76.1. The molecule has 0 radical (unpaired) electrons. The Balaban J connectivity index is 0.000000582. The van der Waals surface area contributed by atoms with Crippen molar-refractivity contribution in [2.75, 3.05) is 52.5 Å². The average molecular weight is 2070 g/mol. The molecule has 0 unspecified atom stereocenters. The number of sulfonamides is 2. The predicted molar refractivity (Wildman–Crippen MR) is 509 cm³/mol. The molecule has 2 N–H and O–H groups in total. The Morgan fingerprint density at radius 3 is 0.752 bits per heavy atom. The number of hydrogen-bond donors (Lipinski definition) is 2. The van der Waals surface area contributed by atoms with Crippen LogP contribution in [0.2, 0.25) is 0 Å². The number of terminal acetylenes is 2. The van der Waals surface area contributed by atoms with Crippen LogP contribution < -0.4 is 10.6 Å². The summed E-state index contributed by atoms with van der Waals surface area (Å²) in [6.07, 6.45) is 12.6. The van der Waals surface area contributed by atoms with Crippen molar-refractivity contribution in [3.63, 3.8) is 0 Å². The first-order valence-electron chi connectivity index (χ1n) is 33.7. The standard InChI is InChI=1S/C70H2.C19H18Br4N2O5S2.C7H14N2O.C6H3Br2ClO2S.CH4/c1-3-5-7-9-11-13-15-17-19-21-23-25-27-29-31-33-35-37-39-41-43-45-47-49-51-53-55-57-59-61-63-65-67-69-70-68-66-64-62-60-58-56-54-52-50-48-46-44-42-40-38-36-34-32-30-28-26-24-22-20-18-16-14-12-10-8-6-4-2;20-13-1-3-17(15(22)11-13)31(26,27)24-7-5-19(6-8-24)25(9-10-30-19)32(28,29)18-4-2-14(21)12-16(18)23;1-3-8-4-2-7(1)9-5-6-10-7;7-4-1-2-6(5(8)3-4)12(9,10)11;/h1-2H;1-4,11-12H,5-10H2;8-9H,1-6H2;1-3H;1H4. The number of piperidine rings is 2. The molecular weight excluding hydrogens is 2030 g/mol. The van der Waals surface area contributed by atoms with Gasteiger partial charge in [-0.15, -0.1) is 12.8 Å². The van der Waals surface area contributed by atoms with E-state index in [-0.39, 0.29) is 66.9 Å². The van der Waals surface area contributed by atoms with E-state index in [1.807, 2.05) is 0 Å². The van der Waals surface area contributed by atoms with E-state index in [0.717, 1.165) is 52.5 Å². The van der Waals surface area contributed by atoms with E-state index >= 15 is 0 Å². The molecule has 2 spiro atoms. The molecule has 0 bridgehead atoms. The smallest absolute Gasteiger partial charge is 0.262 e. The largest absolute Gasteiger partial charge is 0.359 e. The molecule has 7 rings (SSSR count). The fourth-order valence-electron chi connectivity index (χ4n) is 8.50. The third-order valence-corrected chi connectivity index (χ3v) is 22.9. The van der Waals surface area contributed by atoms with E-state index in [1.54, 1.807) is 48.5 Å². The Morgan fingerprint density at radius 1 is 0.304 bits per heavy atom. The maximum absolute atomic E-state index is 13.5. The maximum Gasteiger partial charge on any atom is 0.262 e. The quantitative estimate of drug-likeness (QED) is 0.188. The third-order valence-electron chi connectivity index (χ3n) is 13.3. The van der Waals surface area contributed by atoms with E-state index in [2.05, 4.69) is 509 Å². The summed E-state index contributed by atoms with van der Waals surface area (Å²) in [5.41, 5.74) is -1.00. The summed E-state index contributed by atoms with van der Waals surface area (Å²) >= 11 is 19.6. The Kier molecular flexibility index (Phi) is 53.4. The van der Waals surface area contributed by atoms with Crippen molar-refractivity contribution < 1.29 is 34.7 Å². The van der Waals surface area contributed by atoms with E-state index in [9.17, 15) is 25.3 Å². The van der Waals surface area contributed by atoms with E-state index < -0.39 is 34.8 Å². The van der Waals surface area contributed by atoms with E-state index in [0.29, 0.717) is 13.4 Å². The van der Waals surface area contributed by atoms with Gasteiger partial charge >= 0.3 is 0 Å². The molecule has 588 valence electrons. The van der Waals surface area contributed by atoms with Crippen molar-refractivity contribution in [2.45, 2.75) is 59.2 Å². The number of nitrogens with one attached hydrogen (secondary N) is 2. The van der Waals surface area contributed by atoms with Gasteiger partial charge in [-0.1, -0.05) is 55.2 Å². The molecule has 0 aliphatic carbocycles. The van der Waals surface area contributed by atoms with Gasteiger partial charge in [0.1, 0.15) is 11.4 Å². The molecular formula is C103H41Br6ClN4O8S3. The third kappa shape index (κ3) is 45.9. The van der Waals surface area contributed by atoms with Crippen LogP contribution in [0, 0.1) is 415 Å². The summed E-state index contributed by atoms with van der Waals surface area (Å²) < 4.78 is 93.1. The van der Waals surface area contributed by atoms with Crippen LogP contribution in [0.3, 0.4) is 0 Å². The molecule has 4 aliphatic heterocycles. The molecule has 125 heavy (non-hydrogen) atoms. The van der Waals surface area contributed by atoms with Gasteiger partial charge in [0, 0.05) is 397 Å². The Labute approximate surface area is 790 Å². The van der Waals surface area contributed by atoms with Crippen molar-refractivity contribution in [1.82, 2.24) is 19.2 Å². The van der Waals surface area contributed by atoms with Crippen LogP contribution in [-0.2, 0) is 38.6 Å². The summed E-state index contributed by atoms with van der Waals surface area (Å²) in [5.74, 6) is 168. The fourth-order valence-corrected chi connectivity index (χ4v) is 18.0. The van der Waals surface area contributed by atoms with Crippen LogP contribution in [0.25, 0.3) is 0 Å². The SMILES string of the molecule is C.C#CC#CC#CC#CC#CC#CC#CC#CC#CC#CC#CC#CC#CC#CC#CC#CC#CC#CC#CC#CC#CC#CC#CC#CC#CC#CC#CC#CC#CC#CC#CC#CC#CC#CC#C.C1CC2(CCN1)NCCO2.O=S(=O)(Cl)c1ccc(Br)cc1Br.O=S(=O)(c1ccc(Br)cc1Br)N1CCC2(CC1)OCCN2S(=O)(=O)c1ccc(Br)cc1Br. The number of halogens is 7. The fraction of sp³-hybridized carbons (Fsp3) is 0.146. The Hall–Kier alpha value is -15.0. The van der Waals surface area contributed by atoms with Crippen LogP contribution in [-0.4, -0.2) is 97.8 Å². The van der Waals surface area contributed by atoms with Gasteiger partial charge in [-0.2, -0.15) is 8.61 Å². The summed E-state index contributed by atoms with van der Waals surface area (Å²) in [4.78, 5) is 0.402. The number of hydrogen-bond acceptors (Lipinski definition) is 10. The summed E-state index contributed by atoms with van der Waals surface area (Å²) in [5, 5.41) is 6.73. The molecule has 4 saturated heterocycles. The van der Waals surface area contributed by atoms with Crippen molar-refractivity contribution in [3.8, 4) is 415 Å². The molecule has 4 fully saturated rings. The second kappa shape index (κ2) is 64.0. The maximum atomic E-state index is 13.5. The highest BCUT2D eigenvalue weighted by Gasteiger charge is 2.52. The summed E-state index contributed by atoms with van der Waals surface area (Å²) in [7, 11) is -6.10. The highest BCUT2D eigenvalue weighted by atomic mass is 79.9. The lowest BCUT2D eigenvalue weighted by Crippen LogP contribution is -2.55. The molecule has 3 aromatic carbocycles. The Morgan fingerprint density at radius 2 is 0.536 bits per heavy atom. The normalized spacial score (nSPS) is 11.0. The molecule has 4 heterocycles. The molecule has 0 amide bonds. The highest BCUT2D eigenvalue weighted by Crippen LogP contribution is 2.42.